The molecule has 0 aliphatic rings. The summed E-state index contributed by atoms with van der Waals surface area (Å²) in [5.74, 6) is 0. The Hall–Kier alpha value is -1.32. The van der Waals surface area contributed by atoms with E-state index in [1.54, 1.807) is 0 Å². The SMILES string of the molecule is CCc1ccc(Cl)c(CC)c1Nc1ccccc1CP(=O)(OC)OC. The van der Waals surface area contributed by atoms with E-state index in [4.69, 9.17) is 20.6 Å². The maximum absolute atomic E-state index is 12.5. The van der Waals surface area contributed by atoms with Crippen molar-refractivity contribution >= 4 is 30.6 Å². The summed E-state index contributed by atoms with van der Waals surface area (Å²) in [6.07, 6.45) is 1.92. The molecule has 25 heavy (non-hydrogen) atoms. The van der Waals surface area contributed by atoms with E-state index >= 15 is 0 Å². The number of nitrogens with one attached hydrogen (secondary N) is 1. The second-order valence-corrected chi connectivity index (χ2v) is 8.36. The van der Waals surface area contributed by atoms with Gasteiger partial charge in [-0.3, -0.25) is 4.57 Å². The molecule has 6 heteroatoms. The summed E-state index contributed by atoms with van der Waals surface area (Å²) in [7, 11) is -0.339. The van der Waals surface area contributed by atoms with Crippen LogP contribution in [0.25, 0.3) is 0 Å². The van der Waals surface area contributed by atoms with Gasteiger partial charge in [0.1, 0.15) is 0 Å². The molecule has 0 unspecified atom stereocenters. The topological polar surface area (TPSA) is 47.6 Å². The van der Waals surface area contributed by atoms with E-state index in [2.05, 4.69) is 19.2 Å². The van der Waals surface area contributed by atoms with Gasteiger partial charge in [-0.15, -0.1) is 0 Å². The molecular weight excluding hydrogens is 357 g/mol. The van der Waals surface area contributed by atoms with Gasteiger partial charge in [0.2, 0.25) is 0 Å². The fourth-order valence-electron chi connectivity index (χ4n) is 2.79. The lowest BCUT2D eigenvalue weighted by Gasteiger charge is -2.20. The smallest absolute Gasteiger partial charge is 0.334 e. The summed E-state index contributed by atoms with van der Waals surface area (Å²) in [5, 5.41) is 4.26. The van der Waals surface area contributed by atoms with E-state index in [1.807, 2.05) is 36.4 Å². The number of anilines is 2. The molecule has 0 aliphatic carbocycles. The van der Waals surface area contributed by atoms with E-state index in [1.165, 1.54) is 19.8 Å². The number of halogens is 1. The fraction of sp³-hybridized carbons (Fsp3) is 0.368. The van der Waals surface area contributed by atoms with Gasteiger partial charge in [0.15, 0.2) is 0 Å². The number of para-hydroxylation sites is 1. The molecule has 136 valence electrons. The highest BCUT2D eigenvalue weighted by Gasteiger charge is 2.23. The Balaban J connectivity index is 2.46. The van der Waals surface area contributed by atoms with Crippen molar-refractivity contribution in [2.45, 2.75) is 32.9 Å². The number of hydrogen-bond donors (Lipinski definition) is 1. The van der Waals surface area contributed by atoms with E-state index < -0.39 is 7.60 Å². The molecule has 0 spiro atoms. The van der Waals surface area contributed by atoms with Gasteiger partial charge >= 0.3 is 7.60 Å². The minimum absolute atomic E-state index is 0.201. The van der Waals surface area contributed by atoms with Gasteiger partial charge in [-0.2, -0.15) is 0 Å². The lowest BCUT2D eigenvalue weighted by atomic mass is 10.0. The van der Waals surface area contributed by atoms with Gasteiger partial charge in [-0.05, 0) is 41.7 Å². The normalized spacial score (nSPS) is 11.6. The summed E-state index contributed by atoms with van der Waals surface area (Å²) in [6.45, 7) is 4.20. The average Bonchev–Trinajstić information content (AvgIpc) is 2.63. The number of rotatable bonds is 8. The quantitative estimate of drug-likeness (QED) is 0.553. The van der Waals surface area contributed by atoms with Crippen LogP contribution in [0.15, 0.2) is 36.4 Å². The molecule has 0 saturated carbocycles. The minimum atomic E-state index is -3.15. The zero-order valence-electron chi connectivity index (χ0n) is 15.1. The van der Waals surface area contributed by atoms with E-state index in [9.17, 15) is 4.57 Å². The monoisotopic (exact) mass is 381 g/mol. The Kier molecular flexibility index (Phi) is 7.09. The van der Waals surface area contributed by atoms with Crippen LogP contribution in [0, 0.1) is 0 Å². The van der Waals surface area contributed by atoms with Crippen LogP contribution in [0.4, 0.5) is 11.4 Å². The van der Waals surface area contributed by atoms with Crippen molar-refractivity contribution in [3.63, 3.8) is 0 Å². The van der Waals surface area contributed by atoms with E-state index in [-0.39, 0.29) is 6.16 Å². The first kappa shape index (κ1) is 20.0. The number of hydrogen-bond acceptors (Lipinski definition) is 4. The van der Waals surface area contributed by atoms with Crippen LogP contribution in [-0.4, -0.2) is 14.2 Å². The Morgan fingerprint density at radius 2 is 1.68 bits per heavy atom. The molecule has 2 aromatic carbocycles. The summed E-state index contributed by atoms with van der Waals surface area (Å²) in [4.78, 5) is 0. The van der Waals surface area contributed by atoms with Crippen molar-refractivity contribution in [2.24, 2.45) is 0 Å². The van der Waals surface area contributed by atoms with Crippen molar-refractivity contribution in [2.75, 3.05) is 19.5 Å². The highest BCUT2D eigenvalue weighted by molar-refractivity contribution is 7.52. The first-order valence-electron chi connectivity index (χ1n) is 8.33. The maximum Gasteiger partial charge on any atom is 0.334 e. The molecule has 2 aromatic rings. The third-order valence-electron chi connectivity index (χ3n) is 4.27. The summed E-state index contributed by atoms with van der Waals surface area (Å²) in [5.41, 5.74) is 5.05. The number of aryl methyl sites for hydroxylation is 1. The third kappa shape index (κ3) is 4.65. The van der Waals surface area contributed by atoms with Crippen molar-refractivity contribution in [3.05, 3.63) is 58.1 Å². The first-order valence-corrected chi connectivity index (χ1v) is 10.4. The van der Waals surface area contributed by atoms with Gasteiger partial charge in [0, 0.05) is 30.6 Å². The zero-order chi connectivity index (χ0) is 18.4. The van der Waals surface area contributed by atoms with Crippen LogP contribution in [-0.2, 0) is 32.6 Å². The maximum atomic E-state index is 12.5. The molecule has 0 fully saturated rings. The summed E-state index contributed by atoms with van der Waals surface area (Å²) in [6, 6.07) is 11.7. The molecule has 0 saturated heterocycles. The van der Waals surface area contributed by atoms with Crippen LogP contribution in [0.1, 0.15) is 30.5 Å². The lowest BCUT2D eigenvalue weighted by molar-refractivity contribution is 0.275. The predicted molar refractivity (Wildman–Crippen MR) is 105 cm³/mol. The molecule has 0 radical (unpaired) electrons. The van der Waals surface area contributed by atoms with Gasteiger partial charge in [0.05, 0.1) is 6.16 Å². The third-order valence-corrected chi connectivity index (χ3v) is 6.47. The van der Waals surface area contributed by atoms with Crippen molar-refractivity contribution in [1.82, 2.24) is 0 Å². The molecule has 4 nitrogen and oxygen atoms in total. The largest absolute Gasteiger partial charge is 0.355 e. The van der Waals surface area contributed by atoms with Crippen LogP contribution in [0.5, 0.6) is 0 Å². The molecule has 0 heterocycles. The zero-order valence-corrected chi connectivity index (χ0v) is 16.8. The van der Waals surface area contributed by atoms with Gasteiger partial charge in [-0.1, -0.05) is 49.7 Å². The summed E-state index contributed by atoms with van der Waals surface area (Å²) >= 11 is 6.39. The Bertz CT molecular complexity index is 771. The Morgan fingerprint density at radius 1 is 1.00 bits per heavy atom. The average molecular weight is 382 g/mol. The fourth-order valence-corrected chi connectivity index (χ4v) is 4.19. The van der Waals surface area contributed by atoms with Crippen molar-refractivity contribution < 1.29 is 13.6 Å². The molecule has 2 rings (SSSR count). The van der Waals surface area contributed by atoms with Crippen molar-refractivity contribution in [3.8, 4) is 0 Å². The molecule has 1 N–H and O–H groups in total. The van der Waals surface area contributed by atoms with Crippen LogP contribution < -0.4 is 5.32 Å². The van der Waals surface area contributed by atoms with Gasteiger partial charge < -0.3 is 14.4 Å². The van der Waals surface area contributed by atoms with Crippen LogP contribution in [0.2, 0.25) is 5.02 Å². The molecule has 0 aliphatic heterocycles. The molecular formula is C19H25ClNO3P. The van der Waals surface area contributed by atoms with Gasteiger partial charge in [0.25, 0.3) is 0 Å². The lowest BCUT2D eigenvalue weighted by Crippen LogP contribution is -2.04. The molecule has 0 bridgehead atoms. The number of benzene rings is 2. The Labute approximate surface area is 155 Å². The standard InChI is InChI=1S/C19H25ClNO3P/c1-5-14-11-12-17(20)16(6-2)19(14)21-18-10-8-7-9-15(18)13-25(22,23-3)24-4/h7-12,21H,5-6,13H2,1-4H3. The molecule has 0 aromatic heterocycles. The second kappa shape index (κ2) is 8.86. The Morgan fingerprint density at radius 3 is 2.28 bits per heavy atom. The summed E-state index contributed by atoms with van der Waals surface area (Å²) < 4.78 is 22.7. The minimum Gasteiger partial charge on any atom is -0.355 e. The highest BCUT2D eigenvalue weighted by atomic mass is 35.5. The molecule has 0 atom stereocenters. The van der Waals surface area contributed by atoms with Crippen molar-refractivity contribution in [1.29, 1.82) is 0 Å². The second-order valence-electron chi connectivity index (χ2n) is 5.68. The van der Waals surface area contributed by atoms with E-state index in [0.29, 0.717) is 0 Å². The van der Waals surface area contributed by atoms with Crippen LogP contribution >= 0.6 is 19.2 Å². The van der Waals surface area contributed by atoms with E-state index in [0.717, 1.165) is 40.4 Å². The first-order chi connectivity index (χ1) is 12.0. The highest BCUT2D eigenvalue weighted by Crippen LogP contribution is 2.51. The van der Waals surface area contributed by atoms with Gasteiger partial charge in [-0.25, -0.2) is 0 Å². The predicted octanol–water partition coefficient (Wildman–Crippen LogP) is 6.19. The van der Waals surface area contributed by atoms with Crippen LogP contribution in [0.3, 0.4) is 0 Å². The molecule has 0 amide bonds.